The van der Waals surface area contributed by atoms with Gasteiger partial charge in [-0.1, -0.05) is 13.8 Å². The van der Waals surface area contributed by atoms with E-state index in [0.29, 0.717) is 16.8 Å². The van der Waals surface area contributed by atoms with E-state index in [2.05, 4.69) is 5.32 Å². The van der Waals surface area contributed by atoms with Crippen molar-refractivity contribution in [2.45, 2.75) is 20.3 Å². The minimum Gasteiger partial charge on any atom is -0.326 e. The molecule has 5 heteroatoms. The Labute approximate surface area is 111 Å². The molecule has 100 valence electrons. The summed E-state index contributed by atoms with van der Waals surface area (Å²) in [5.74, 6) is -0.819. The van der Waals surface area contributed by atoms with Gasteiger partial charge in [0, 0.05) is 18.7 Å². The van der Waals surface area contributed by atoms with Crippen LogP contribution in [0.15, 0.2) is 18.2 Å². The Morgan fingerprint density at radius 2 is 1.89 bits per heavy atom. The van der Waals surface area contributed by atoms with E-state index in [0.717, 1.165) is 11.3 Å². The topological polar surface area (TPSA) is 66.5 Å². The molecule has 1 aliphatic heterocycles. The van der Waals surface area contributed by atoms with E-state index < -0.39 is 0 Å². The van der Waals surface area contributed by atoms with E-state index in [1.165, 1.54) is 7.05 Å². The van der Waals surface area contributed by atoms with Gasteiger partial charge in [0.05, 0.1) is 11.1 Å². The summed E-state index contributed by atoms with van der Waals surface area (Å²) < 4.78 is 0. The highest BCUT2D eigenvalue weighted by molar-refractivity contribution is 6.21. The number of anilines is 1. The van der Waals surface area contributed by atoms with Gasteiger partial charge in [0.1, 0.15) is 0 Å². The Bertz CT molecular complexity index is 566. The zero-order valence-electron chi connectivity index (χ0n) is 11.2. The van der Waals surface area contributed by atoms with Crippen LogP contribution in [0.2, 0.25) is 0 Å². The van der Waals surface area contributed by atoms with Crippen molar-refractivity contribution in [2.75, 3.05) is 12.4 Å². The molecule has 3 amide bonds. The number of fused-ring (bicyclic) bond motifs is 1. The van der Waals surface area contributed by atoms with Gasteiger partial charge in [-0.2, -0.15) is 0 Å². The van der Waals surface area contributed by atoms with Gasteiger partial charge in [-0.05, 0) is 24.6 Å². The molecule has 1 heterocycles. The first-order chi connectivity index (χ1) is 8.95. The zero-order chi connectivity index (χ0) is 14.2. The van der Waals surface area contributed by atoms with Crippen LogP contribution < -0.4 is 5.32 Å². The van der Waals surface area contributed by atoms with Crippen LogP contribution in [-0.4, -0.2) is 29.7 Å². The lowest BCUT2D eigenvalue weighted by Gasteiger charge is -2.10. The quantitative estimate of drug-likeness (QED) is 0.844. The average Bonchev–Trinajstić information content (AvgIpc) is 2.63. The molecule has 1 unspecified atom stereocenters. The average molecular weight is 260 g/mol. The first kappa shape index (κ1) is 13.3. The lowest BCUT2D eigenvalue weighted by molar-refractivity contribution is -0.119. The molecule has 19 heavy (non-hydrogen) atoms. The molecule has 0 spiro atoms. The van der Waals surface area contributed by atoms with Crippen LogP contribution in [0.25, 0.3) is 0 Å². The number of carbonyl (C=O) groups is 3. The smallest absolute Gasteiger partial charge is 0.261 e. The van der Waals surface area contributed by atoms with Crippen LogP contribution in [0.4, 0.5) is 5.69 Å². The van der Waals surface area contributed by atoms with Gasteiger partial charge < -0.3 is 5.32 Å². The van der Waals surface area contributed by atoms with E-state index in [-0.39, 0.29) is 23.6 Å². The molecule has 1 N–H and O–H groups in total. The molecular formula is C14H16N2O3. The Kier molecular flexibility index (Phi) is 3.38. The minimum atomic E-state index is -0.334. The van der Waals surface area contributed by atoms with Gasteiger partial charge in [0.2, 0.25) is 5.91 Å². The van der Waals surface area contributed by atoms with Gasteiger partial charge in [-0.25, -0.2) is 0 Å². The van der Waals surface area contributed by atoms with E-state index in [1.807, 2.05) is 13.8 Å². The van der Waals surface area contributed by atoms with Crippen molar-refractivity contribution >= 4 is 23.4 Å². The number of nitrogens with zero attached hydrogens (tertiary/aromatic N) is 1. The van der Waals surface area contributed by atoms with E-state index in [9.17, 15) is 14.4 Å². The second-order valence-electron chi connectivity index (χ2n) is 4.73. The molecule has 1 aromatic rings. The van der Waals surface area contributed by atoms with E-state index in [1.54, 1.807) is 18.2 Å². The predicted molar refractivity (Wildman–Crippen MR) is 71.0 cm³/mol. The number of nitrogens with one attached hydrogen (secondary N) is 1. The second kappa shape index (κ2) is 4.84. The van der Waals surface area contributed by atoms with Crippen LogP contribution >= 0.6 is 0 Å². The maximum atomic E-state index is 11.8. The number of amides is 3. The summed E-state index contributed by atoms with van der Waals surface area (Å²) >= 11 is 0. The summed E-state index contributed by atoms with van der Waals surface area (Å²) in [6, 6.07) is 4.77. The minimum absolute atomic E-state index is 0.0896. The monoisotopic (exact) mass is 260 g/mol. The Morgan fingerprint density at radius 3 is 2.53 bits per heavy atom. The third kappa shape index (κ3) is 2.23. The number of benzene rings is 1. The van der Waals surface area contributed by atoms with Crippen molar-refractivity contribution in [3.63, 3.8) is 0 Å². The highest BCUT2D eigenvalue weighted by Gasteiger charge is 2.32. The number of hydrogen-bond acceptors (Lipinski definition) is 3. The first-order valence-corrected chi connectivity index (χ1v) is 6.23. The number of carbonyl (C=O) groups excluding carboxylic acids is 3. The Hall–Kier alpha value is -2.17. The van der Waals surface area contributed by atoms with Crippen molar-refractivity contribution in [1.29, 1.82) is 0 Å². The summed E-state index contributed by atoms with van der Waals surface area (Å²) in [4.78, 5) is 36.4. The lowest BCUT2D eigenvalue weighted by Crippen LogP contribution is -2.24. The van der Waals surface area contributed by atoms with Crippen molar-refractivity contribution in [3.8, 4) is 0 Å². The van der Waals surface area contributed by atoms with E-state index in [4.69, 9.17) is 0 Å². The van der Waals surface area contributed by atoms with Crippen molar-refractivity contribution in [2.24, 2.45) is 5.92 Å². The summed E-state index contributed by atoms with van der Waals surface area (Å²) in [5, 5.41) is 2.75. The number of hydrogen-bond donors (Lipinski definition) is 1. The molecule has 0 saturated heterocycles. The van der Waals surface area contributed by atoms with Crippen LogP contribution in [-0.2, 0) is 4.79 Å². The molecule has 2 rings (SSSR count). The predicted octanol–water partition coefficient (Wildman–Crippen LogP) is 1.90. The van der Waals surface area contributed by atoms with Gasteiger partial charge >= 0.3 is 0 Å². The normalized spacial score (nSPS) is 15.4. The Morgan fingerprint density at radius 1 is 1.26 bits per heavy atom. The summed E-state index contributed by atoms with van der Waals surface area (Å²) in [6.45, 7) is 3.77. The fraction of sp³-hybridized carbons (Fsp3) is 0.357. The van der Waals surface area contributed by atoms with Crippen molar-refractivity contribution < 1.29 is 14.4 Å². The second-order valence-corrected chi connectivity index (χ2v) is 4.73. The molecule has 0 radical (unpaired) electrons. The summed E-state index contributed by atoms with van der Waals surface area (Å²) in [7, 11) is 1.45. The number of rotatable bonds is 3. The van der Waals surface area contributed by atoms with Crippen LogP contribution in [0, 0.1) is 5.92 Å². The molecule has 1 aromatic carbocycles. The third-order valence-corrected chi connectivity index (χ3v) is 3.42. The molecule has 0 bridgehead atoms. The van der Waals surface area contributed by atoms with Crippen molar-refractivity contribution in [1.82, 2.24) is 4.90 Å². The maximum absolute atomic E-state index is 11.8. The van der Waals surface area contributed by atoms with Crippen LogP contribution in [0.3, 0.4) is 0 Å². The highest BCUT2D eigenvalue weighted by atomic mass is 16.2. The fourth-order valence-electron chi connectivity index (χ4n) is 1.89. The molecule has 0 saturated carbocycles. The Balaban J connectivity index is 2.26. The van der Waals surface area contributed by atoms with Gasteiger partial charge in [-0.15, -0.1) is 0 Å². The molecule has 5 nitrogen and oxygen atoms in total. The first-order valence-electron chi connectivity index (χ1n) is 6.23. The standard InChI is InChI=1S/C14H16N2O3/c1-4-8(2)12(17)15-9-5-6-10-11(7-9)14(19)16(3)13(10)18/h5-8H,4H2,1-3H3,(H,15,17). The van der Waals surface area contributed by atoms with Crippen LogP contribution in [0.1, 0.15) is 41.0 Å². The fourth-order valence-corrected chi connectivity index (χ4v) is 1.89. The largest absolute Gasteiger partial charge is 0.326 e. The van der Waals surface area contributed by atoms with E-state index >= 15 is 0 Å². The SMILES string of the molecule is CCC(C)C(=O)Nc1ccc2c(c1)C(=O)N(C)C2=O. The maximum Gasteiger partial charge on any atom is 0.261 e. The molecular weight excluding hydrogens is 244 g/mol. The van der Waals surface area contributed by atoms with Gasteiger partial charge in [0.25, 0.3) is 11.8 Å². The molecule has 0 fully saturated rings. The van der Waals surface area contributed by atoms with Gasteiger partial charge in [-0.3, -0.25) is 19.3 Å². The van der Waals surface area contributed by atoms with Crippen molar-refractivity contribution in [3.05, 3.63) is 29.3 Å². The lowest BCUT2D eigenvalue weighted by atomic mass is 10.1. The zero-order valence-corrected chi connectivity index (χ0v) is 11.2. The molecule has 1 aliphatic rings. The summed E-state index contributed by atoms with van der Waals surface area (Å²) in [6.07, 6.45) is 0.747. The molecule has 1 atom stereocenters. The highest BCUT2D eigenvalue weighted by Crippen LogP contribution is 2.25. The number of imide groups is 1. The molecule has 0 aliphatic carbocycles. The van der Waals surface area contributed by atoms with Crippen LogP contribution in [0.5, 0.6) is 0 Å². The third-order valence-electron chi connectivity index (χ3n) is 3.42. The van der Waals surface area contributed by atoms with Gasteiger partial charge in [0.15, 0.2) is 0 Å². The summed E-state index contributed by atoms with van der Waals surface area (Å²) in [5.41, 5.74) is 1.27. The molecule has 0 aromatic heterocycles.